The van der Waals surface area contributed by atoms with Crippen molar-refractivity contribution >= 4 is 11.6 Å². The number of benzene rings is 2. The SMILES string of the molecule is COc1ccccc1OCC(=O)N1CC(C)c2ccccc21. The molecule has 0 saturated carbocycles. The fraction of sp³-hybridized carbons (Fsp3) is 0.278. The van der Waals surface area contributed by atoms with Gasteiger partial charge in [-0.3, -0.25) is 4.79 Å². The summed E-state index contributed by atoms with van der Waals surface area (Å²) in [6, 6.07) is 15.4. The Morgan fingerprint density at radius 2 is 1.82 bits per heavy atom. The summed E-state index contributed by atoms with van der Waals surface area (Å²) in [6.07, 6.45) is 0. The van der Waals surface area contributed by atoms with Gasteiger partial charge >= 0.3 is 0 Å². The maximum Gasteiger partial charge on any atom is 0.264 e. The Morgan fingerprint density at radius 1 is 1.14 bits per heavy atom. The van der Waals surface area contributed by atoms with Gasteiger partial charge in [-0.25, -0.2) is 0 Å². The first-order valence-corrected chi connectivity index (χ1v) is 7.36. The lowest BCUT2D eigenvalue weighted by molar-refractivity contribution is -0.120. The van der Waals surface area contributed by atoms with Crippen molar-refractivity contribution in [2.24, 2.45) is 0 Å². The van der Waals surface area contributed by atoms with E-state index in [1.165, 1.54) is 5.56 Å². The van der Waals surface area contributed by atoms with Crippen LogP contribution in [0.2, 0.25) is 0 Å². The third-order valence-corrected chi connectivity index (χ3v) is 3.94. The van der Waals surface area contributed by atoms with Crippen LogP contribution in [0.4, 0.5) is 5.69 Å². The molecule has 1 unspecified atom stereocenters. The number of amides is 1. The number of carbonyl (C=O) groups excluding carboxylic acids is 1. The summed E-state index contributed by atoms with van der Waals surface area (Å²) in [4.78, 5) is 14.3. The first kappa shape index (κ1) is 14.4. The molecule has 0 bridgehead atoms. The monoisotopic (exact) mass is 297 g/mol. The Bertz CT molecular complexity index is 684. The fourth-order valence-corrected chi connectivity index (χ4v) is 2.81. The molecule has 22 heavy (non-hydrogen) atoms. The molecule has 0 spiro atoms. The van der Waals surface area contributed by atoms with E-state index in [9.17, 15) is 4.79 Å². The summed E-state index contributed by atoms with van der Waals surface area (Å²) in [7, 11) is 1.59. The second kappa shape index (κ2) is 6.10. The van der Waals surface area contributed by atoms with E-state index in [0.29, 0.717) is 24.0 Å². The highest BCUT2D eigenvalue weighted by Gasteiger charge is 2.29. The van der Waals surface area contributed by atoms with Crippen LogP contribution in [0.1, 0.15) is 18.4 Å². The van der Waals surface area contributed by atoms with E-state index in [-0.39, 0.29) is 12.5 Å². The summed E-state index contributed by atoms with van der Waals surface area (Å²) < 4.78 is 10.9. The van der Waals surface area contributed by atoms with Gasteiger partial charge in [-0.1, -0.05) is 37.3 Å². The van der Waals surface area contributed by atoms with Crippen molar-refractivity contribution in [3.63, 3.8) is 0 Å². The Morgan fingerprint density at radius 3 is 2.59 bits per heavy atom. The first-order chi connectivity index (χ1) is 10.7. The molecule has 2 aromatic carbocycles. The minimum Gasteiger partial charge on any atom is -0.493 e. The summed E-state index contributed by atoms with van der Waals surface area (Å²) in [6.45, 7) is 2.84. The summed E-state index contributed by atoms with van der Waals surface area (Å²) >= 11 is 0. The molecule has 4 nitrogen and oxygen atoms in total. The Labute approximate surface area is 130 Å². The van der Waals surface area contributed by atoms with Crippen LogP contribution in [0.3, 0.4) is 0 Å². The average Bonchev–Trinajstić information content (AvgIpc) is 2.90. The zero-order valence-electron chi connectivity index (χ0n) is 12.8. The molecule has 0 aliphatic carbocycles. The van der Waals surface area contributed by atoms with Crippen molar-refractivity contribution in [3.8, 4) is 11.5 Å². The molecule has 114 valence electrons. The van der Waals surface area contributed by atoms with Gasteiger partial charge in [0.25, 0.3) is 5.91 Å². The second-order valence-electron chi connectivity index (χ2n) is 5.40. The quantitative estimate of drug-likeness (QED) is 0.869. The number of fused-ring (bicyclic) bond motifs is 1. The van der Waals surface area contributed by atoms with Gasteiger partial charge in [-0.05, 0) is 23.8 Å². The molecule has 1 aliphatic heterocycles. The van der Waals surface area contributed by atoms with Crippen molar-refractivity contribution in [2.45, 2.75) is 12.8 Å². The number of anilines is 1. The number of methoxy groups -OCH3 is 1. The highest BCUT2D eigenvalue weighted by Crippen LogP contribution is 2.35. The van der Waals surface area contributed by atoms with Crippen molar-refractivity contribution in [1.29, 1.82) is 0 Å². The van der Waals surface area contributed by atoms with Crippen molar-refractivity contribution in [2.75, 3.05) is 25.2 Å². The Kier molecular flexibility index (Phi) is 4.00. The highest BCUT2D eigenvalue weighted by molar-refractivity contribution is 5.96. The molecular formula is C18H19NO3. The Hall–Kier alpha value is -2.49. The van der Waals surface area contributed by atoms with E-state index in [4.69, 9.17) is 9.47 Å². The normalized spacial score (nSPS) is 16.3. The van der Waals surface area contributed by atoms with Gasteiger partial charge in [0, 0.05) is 18.2 Å². The third kappa shape index (κ3) is 2.64. The lowest BCUT2D eigenvalue weighted by Gasteiger charge is -2.18. The molecule has 0 fully saturated rings. The average molecular weight is 297 g/mol. The molecule has 1 atom stereocenters. The third-order valence-electron chi connectivity index (χ3n) is 3.94. The van der Waals surface area contributed by atoms with Crippen LogP contribution >= 0.6 is 0 Å². The maximum absolute atomic E-state index is 12.5. The maximum atomic E-state index is 12.5. The van der Waals surface area contributed by atoms with Gasteiger partial charge in [0.15, 0.2) is 18.1 Å². The number of ether oxygens (including phenoxy) is 2. The number of carbonyl (C=O) groups is 1. The van der Waals surface area contributed by atoms with Gasteiger partial charge in [0.2, 0.25) is 0 Å². The number of para-hydroxylation sites is 3. The summed E-state index contributed by atoms with van der Waals surface area (Å²) in [5.74, 6) is 1.53. The number of hydrogen-bond donors (Lipinski definition) is 0. The predicted molar refractivity (Wildman–Crippen MR) is 85.7 cm³/mol. The molecular weight excluding hydrogens is 278 g/mol. The van der Waals surface area contributed by atoms with Crippen molar-refractivity contribution < 1.29 is 14.3 Å². The molecule has 0 N–H and O–H groups in total. The Balaban J connectivity index is 1.71. The molecule has 0 saturated heterocycles. The smallest absolute Gasteiger partial charge is 0.264 e. The molecule has 1 amide bonds. The summed E-state index contributed by atoms with van der Waals surface area (Å²) in [5, 5.41) is 0. The van der Waals surface area contributed by atoms with Crippen molar-refractivity contribution in [1.82, 2.24) is 0 Å². The minimum absolute atomic E-state index is 0.00142. The molecule has 1 aliphatic rings. The molecule has 4 heteroatoms. The van der Waals surface area contributed by atoms with E-state index < -0.39 is 0 Å². The zero-order valence-corrected chi connectivity index (χ0v) is 12.8. The van der Waals surface area contributed by atoms with E-state index >= 15 is 0 Å². The van der Waals surface area contributed by atoms with E-state index in [1.807, 2.05) is 36.4 Å². The molecule has 1 heterocycles. The van der Waals surface area contributed by atoms with Crippen LogP contribution < -0.4 is 14.4 Å². The number of rotatable bonds is 4. The highest BCUT2D eigenvalue weighted by atomic mass is 16.5. The topological polar surface area (TPSA) is 38.8 Å². The van der Waals surface area contributed by atoms with Crippen LogP contribution in [0.25, 0.3) is 0 Å². The second-order valence-corrected chi connectivity index (χ2v) is 5.40. The van der Waals surface area contributed by atoms with Crippen LogP contribution in [-0.4, -0.2) is 26.2 Å². The van der Waals surface area contributed by atoms with E-state index in [0.717, 1.165) is 5.69 Å². The van der Waals surface area contributed by atoms with Gasteiger partial charge < -0.3 is 14.4 Å². The lowest BCUT2D eigenvalue weighted by atomic mass is 10.0. The fourth-order valence-electron chi connectivity index (χ4n) is 2.81. The molecule has 0 aromatic heterocycles. The van der Waals surface area contributed by atoms with Crippen LogP contribution in [0.5, 0.6) is 11.5 Å². The van der Waals surface area contributed by atoms with Gasteiger partial charge in [-0.2, -0.15) is 0 Å². The van der Waals surface area contributed by atoms with E-state index in [1.54, 1.807) is 18.1 Å². The van der Waals surface area contributed by atoms with Gasteiger partial charge in [0.05, 0.1) is 7.11 Å². The lowest BCUT2D eigenvalue weighted by Crippen LogP contribution is -2.33. The van der Waals surface area contributed by atoms with Crippen molar-refractivity contribution in [3.05, 3.63) is 54.1 Å². The molecule has 0 radical (unpaired) electrons. The van der Waals surface area contributed by atoms with Gasteiger partial charge in [-0.15, -0.1) is 0 Å². The van der Waals surface area contributed by atoms with Crippen LogP contribution in [0.15, 0.2) is 48.5 Å². The minimum atomic E-state index is -0.0392. The van der Waals surface area contributed by atoms with E-state index in [2.05, 4.69) is 13.0 Å². The molecule has 2 aromatic rings. The standard InChI is InChI=1S/C18H19NO3/c1-13-11-19(15-8-4-3-7-14(13)15)18(20)12-22-17-10-6-5-9-16(17)21-2/h3-10,13H,11-12H2,1-2H3. The van der Waals surface area contributed by atoms with Crippen LogP contribution in [0, 0.1) is 0 Å². The molecule has 3 rings (SSSR count). The summed E-state index contributed by atoms with van der Waals surface area (Å²) in [5.41, 5.74) is 2.21. The number of nitrogens with zero attached hydrogens (tertiary/aromatic N) is 1. The van der Waals surface area contributed by atoms with Gasteiger partial charge in [0.1, 0.15) is 0 Å². The first-order valence-electron chi connectivity index (χ1n) is 7.36. The van der Waals surface area contributed by atoms with Crippen LogP contribution in [-0.2, 0) is 4.79 Å². The number of hydrogen-bond acceptors (Lipinski definition) is 3. The largest absolute Gasteiger partial charge is 0.493 e. The predicted octanol–water partition coefficient (Wildman–Crippen LogP) is 3.22. The zero-order chi connectivity index (χ0) is 15.5.